The Labute approximate surface area is 163 Å². The quantitative estimate of drug-likeness (QED) is 0.702. The van der Waals surface area contributed by atoms with Crippen molar-refractivity contribution >= 4 is 0 Å². The van der Waals surface area contributed by atoms with Crippen LogP contribution in [0.15, 0.2) is 47.7 Å². The van der Waals surface area contributed by atoms with Crippen molar-refractivity contribution < 1.29 is 4.74 Å². The third-order valence-electron chi connectivity index (χ3n) is 5.70. The lowest BCUT2D eigenvalue weighted by Gasteiger charge is -2.26. The maximum absolute atomic E-state index is 12.9. The minimum Gasteiger partial charge on any atom is -0.490 e. The molecule has 1 atom stereocenters. The lowest BCUT2D eigenvalue weighted by atomic mass is 9.79. The molecule has 0 amide bonds. The van der Waals surface area contributed by atoms with Gasteiger partial charge in [-0.1, -0.05) is 12.1 Å². The molecule has 0 unspecified atom stereocenters. The largest absolute Gasteiger partial charge is 0.490 e. The molecule has 0 N–H and O–H groups in total. The second kappa shape index (κ2) is 6.86. The van der Waals surface area contributed by atoms with Gasteiger partial charge in [0.1, 0.15) is 5.75 Å². The topological polar surface area (TPSA) is 69.9 Å². The van der Waals surface area contributed by atoms with Gasteiger partial charge in [0.05, 0.1) is 12.3 Å². The molecular formula is C22H22N4O2. The molecular weight excluding hydrogens is 352 g/mol. The Morgan fingerprint density at radius 3 is 2.71 bits per heavy atom. The standard InChI is InChI=1S/C22H22N4O2/c1-14-18(4-2-5-20(14)28-17-7-8-17)15-6-9-19-16(12-15)13-25-26(21(19)27)22-23-10-3-11-24-22/h2-5,10-11,13,15,17H,6-9,12H2,1H3/t15-/m1/s1. The van der Waals surface area contributed by atoms with Crippen molar-refractivity contribution in [2.24, 2.45) is 0 Å². The number of ether oxygens (including phenoxy) is 1. The SMILES string of the molecule is Cc1c(OC2CC2)cccc1[C@@H]1CCc2c(cnn(-c3ncccn3)c2=O)C1. The summed E-state index contributed by atoms with van der Waals surface area (Å²) in [5, 5.41) is 4.33. The lowest BCUT2D eigenvalue weighted by Crippen LogP contribution is -2.30. The maximum atomic E-state index is 12.9. The van der Waals surface area contributed by atoms with Crippen LogP contribution in [0.3, 0.4) is 0 Å². The van der Waals surface area contributed by atoms with Gasteiger partial charge in [-0.25, -0.2) is 9.97 Å². The van der Waals surface area contributed by atoms with Crippen LogP contribution in [0, 0.1) is 6.92 Å². The van der Waals surface area contributed by atoms with Gasteiger partial charge < -0.3 is 4.74 Å². The second-order valence-electron chi connectivity index (χ2n) is 7.64. The van der Waals surface area contributed by atoms with E-state index in [1.54, 1.807) is 24.7 Å². The normalized spacial score (nSPS) is 18.5. The molecule has 5 rings (SSSR count). The Morgan fingerprint density at radius 2 is 1.93 bits per heavy atom. The number of hydrogen-bond acceptors (Lipinski definition) is 5. The molecule has 2 aromatic heterocycles. The summed E-state index contributed by atoms with van der Waals surface area (Å²) < 4.78 is 7.36. The summed E-state index contributed by atoms with van der Waals surface area (Å²) in [6.07, 6.45) is 10.2. The van der Waals surface area contributed by atoms with Gasteiger partial charge in [0.2, 0.25) is 0 Å². The molecule has 3 aromatic rings. The van der Waals surface area contributed by atoms with Crippen molar-refractivity contribution in [3.63, 3.8) is 0 Å². The molecule has 0 spiro atoms. The number of fused-ring (bicyclic) bond motifs is 1. The van der Waals surface area contributed by atoms with E-state index in [1.807, 2.05) is 0 Å². The number of rotatable bonds is 4. The summed E-state index contributed by atoms with van der Waals surface area (Å²) in [4.78, 5) is 21.2. The fraction of sp³-hybridized carbons (Fsp3) is 0.364. The highest BCUT2D eigenvalue weighted by molar-refractivity contribution is 5.43. The number of hydrogen-bond donors (Lipinski definition) is 0. The number of aromatic nitrogens is 4. The summed E-state index contributed by atoms with van der Waals surface area (Å²) in [5.41, 5.74) is 4.30. The molecule has 2 heterocycles. The van der Waals surface area contributed by atoms with Crippen LogP contribution < -0.4 is 10.3 Å². The predicted molar refractivity (Wildman–Crippen MR) is 105 cm³/mol. The van der Waals surface area contributed by atoms with Crippen LogP contribution in [0.25, 0.3) is 5.95 Å². The van der Waals surface area contributed by atoms with Gasteiger partial charge in [0.25, 0.3) is 11.5 Å². The first kappa shape index (κ1) is 17.1. The third-order valence-corrected chi connectivity index (χ3v) is 5.70. The van der Waals surface area contributed by atoms with E-state index in [2.05, 4.69) is 40.2 Å². The van der Waals surface area contributed by atoms with E-state index >= 15 is 0 Å². The Bertz CT molecular complexity index is 1070. The molecule has 1 aromatic carbocycles. The molecule has 0 radical (unpaired) electrons. The van der Waals surface area contributed by atoms with Crippen molar-refractivity contribution in [2.75, 3.05) is 0 Å². The average molecular weight is 374 g/mol. The third kappa shape index (κ3) is 3.09. The van der Waals surface area contributed by atoms with Crippen LogP contribution in [0.5, 0.6) is 5.75 Å². The minimum absolute atomic E-state index is 0.107. The van der Waals surface area contributed by atoms with E-state index in [9.17, 15) is 4.79 Å². The fourth-order valence-electron chi connectivity index (χ4n) is 4.03. The van der Waals surface area contributed by atoms with E-state index in [0.717, 1.165) is 49.0 Å². The van der Waals surface area contributed by atoms with Crippen molar-refractivity contribution in [1.82, 2.24) is 19.7 Å². The summed E-state index contributed by atoms with van der Waals surface area (Å²) >= 11 is 0. The molecule has 142 valence electrons. The van der Waals surface area contributed by atoms with Crippen molar-refractivity contribution in [3.05, 3.63) is 75.5 Å². The van der Waals surface area contributed by atoms with Crippen LogP contribution in [-0.2, 0) is 12.8 Å². The zero-order valence-electron chi connectivity index (χ0n) is 15.8. The maximum Gasteiger partial charge on any atom is 0.277 e. The van der Waals surface area contributed by atoms with Crippen LogP contribution in [-0.4, -0.2) is 25.9 Å². The number of benzene rings is 1. The van der Waals surface area contributed by atoms with Crippen LogP contribution in [0.1, 0.15) is 47.4 Å². The van der Waals surface area contributed by atoms with E-state index in [0.29, 0.717) is 18.0 Å². The van der Waals surface area contributed by atoms with Crippen molar-refractivity contribution in [1.29, 1.82) is 0 Å². The highest BCUT2D eigenvalue weighted by Crippen LogP contribution is 2.37. The molecule has 2 aliphatic carbocycles. The van der Waals surface area contributed by atoms with Crippen LogP contribution in [0.4, 0.5) is 0 Å². The highest BCUT2D eigenvalue weighted by Gasteiger charge is 2.28. The van der Waals surface area contributed by atoms with Gasteiger partial charge in [-0.05, 0) is 73.8 Å². The van der Waals surface area contributed by atoms with Gasteiger partial charge in [-0.15, -0.1) is 0 Å². The summed E-state index contributed by atoms with van der Waals surface area (Å²) in [5.74, 6) is 1.69. The first-order valence-electron chi connectivity index (χ1n) is 9.84. The Hall–Kier alpha value is -3.02. The van der Waals surface area contributed by atoms with E-state index in [1.165, 1.54) is 15.8 Å². The molecule has 0 aliphatic heterocycles. The highest BCUT2D eigenvalue weighted by atomic mass is 16.5. The van der Waals surface area contributed by atoms with Crippen molar-refractivity contribution in [3.8, 4) is 11.7 Å². The molecule has 1 fully saturated rings. The smallest absolute Gasteiger partial charge is 0.277 e. The van der Waals surface area contributed by atoms with Crippen molar-refractivity contribution in [2.45, 2.75) is 51.0 Å². The van der Waals surface area contributed by atoms with Gasteiger partial charge in [0.15, 0.2) is 0 Å². The van der Waals surface area contributed by atoms with E-state index in [-0.39, 0.29) is 5.56 Å². The second-order valence-corrected chi connectivity index (χ2v) is 7.64. The zero-order valence-corrected chi connectivity index (χ0v) is 15.8. The molecule has 6 heteroatoms. The molecule has 6 nitrogen and oxygen atoms in total. The fourth-order valence-corrected chi connectivity index (χ4v) is 4.03. The molecule has 1 saturated carbocycles. The molecule has 0 saturated heterocycles. The van der Waals surface area contributed by atoms with Gasteiger partial charge >= 0.3 is 0 Å². The minimum atomic E-state index is -0.107. The number of nitrogens with zero attached hydrogens (tertiary/aromatic N) is 4. The molecule has 0 bridgehead atoms. The van der Waals surface area contributed by atoms with E-state index < -0.39 is 0 Å². The molecule has 28 heavy (non-hydrogen) atoms. The van der Waals surface area contributed by atoms with E-state index in [4.69, 9.17) is 4.74 Å². The average Bonchev–Trinajstić information content (AvgIpc) is 3.54. The zero-order chi connectivity index (χ0) is 19.1. The summed E-state index contributed by atoms with van der Waals surface area (Å²) in [6, 6.07) is 8.06. The first-order valence-corrected chi connectivity index (χ1v) is 9.84. The Balaban J connectivity index is 1.45. The Kier molecular flexibility index (Phi) is 4.19. The predicted octanol–water partition coefficient (Wildman–Crippen LogP) is 3.14. The summed E-state index contributed by atoms with van der Waals surface area (Å²) in [6.45, 7) is 2.14. The van der Waals surface area contributed by atoms with Gasteiger partial charge in [0, 0.05) is 18.0 Å². The first-order chi connectivity index (χ1) is 13.7. The van der Waals surface area contributed by atoms with Gasteiger partial charge in [-0.3, -0.25) is 4.79 Å². The lowest BCUT2D eigenvalue weighted by molar-refractivity contribution is 0.300. The monoisotopic (exact) mass is 374 g/mol. The Morgan fingerprint density at radius 1 is 1.11 bits per heavy atom. The van der Waals surface area contributed by atoms with Crippen LogP contribution >= 0.6 is 0 Å². The molecule has 2 aliphatic rings. The summed E-state index contributed by atoms with van der Waals surface area (Å²) in [7, 11) is 0. The van der Waals surface area contributed by atoms with Gasteiger partial charge in [-0.2, -0.15) is 9.78 Å². The van der Waals surface area contributed by atoms with Crippen LogP contribution in [0.2, 0.25) is 0 Å².